The molecule has 2 aromatic rings. The molecule has 0 unspecified atom stereocenters. The maximum absolute atomic E-state index is 11.9. The Labute approximate surface area is 111 Å². The molecule has 0 amide bonds. The van der Waals surface area contributed by atoms with Crippen LogP contribution in [-0.4, -0.2) is 8.42 Å². The number of anilines is 1. The SMILES string of the molecule is O=S(=O)(NNc1cccc(Cl)c1)c1ccccc1. The summed E-state index contributed by atoms with van der Waals surface area (Å²) in [6.45, 7) is 0. The predicted molar refractivity (Wildman–Crippen MR) is 71.8 cm³/mol. The fourth-order valence-electron chi connectivity index (χ4n) is 1.35. The Hall–Kier alpha value is -1.56. The van der Waals surface area contributed by atoms with Crippen molar-refractivity contribution in [3.8, 4) is 0 Å². The topological polar surface area (TPSA) is 58.2 Å². The highest BCUT2D eigenvalue weighted by molar-refractivity contribution is 7.89. The fraction of sp³-hybridized carbons (Fsp3) is 0. The molecule has 2 aromatic carbocycles. The van der Waals surface area contributed by atoms with Crippen molar-refractivity contribution in [2.75, 3.05) is 5.43 Å². The number of hydrazine groups is 1. The van der Waals surface area contributed by atoms with Crippen molar-refractivity contribution >= 4 is 27.3 Å². The van der Waals surface area contributed by atoms with Crippen LogP contribution in [0.2, 0.25) is 5.02 Å². The van der Waals surface area contributed by atoms with Gasteiger partial charge in [-0.2, -0.15) is 0 Å². The van der Waals surface area contributed by atoms with E-state index in [1.54, 1.807) is 42.5 Å². The third kappa shape index (κ3) is 3.22. The number of hydrogen-bond donors (Lipinski definition) is 2. The van der Waals surface area contributed by atoms with E-state index in [0.717, 1.165) is 0 Å². The van der Waals surface area contributed by atoms with E-state index in [2.05, 4.69) is 10.3 Å². The number of nitrogens with one attached hydrogen (secondary N) is 2. The molecule has 0 radical (unpaired) electrons. The molecule has 2 N–H and O–H groups in total. The number of rotatable bonds is 4. The maximum Gasteiger partial charge on any atom is 0.257 e. The summed E-state index contributed by atoms with van der Waals surface area (Å²) in [4.78, 5) is 2.48. The zero-order chi connectivity index (χ0) is 13.0. The van der Waals surface area contributed by atoms with Crippen LogP contribution in [-0.2, 0) is 10.0 Å². The van der Waals surface area contributed by atoms with Crippen LogP contribution in [0.25, 0.3) is 0 Å². The lowest BCUT2D eigenvalue weighted by atomic mass is 10.3. The van der Waals surface area contributed by atoms with E-state index in [9.17, 15) is 8.42 Å². The molecule has 0 saturated heterocycles. The van der Waals surface area contributed by atoms with E-state index in [1.807, 2.05) is 0 Å². The molecule has 0 atom stereocenters. The van der Waals surface area contributed by atoms with E-state index < -0.39 is 10.0 Å². The van der Waals surface area contributed by atoms with Crippen LogP contribution in [0.15, 0.2) is 59.5 Å². The third-order valence-corrected chi connectivity index (χ3v) is 3.71. The van der Waals surface area contributed by atoms with E-state index in [1.165, 1.54) is 12.1 Å². The minimum Gasteiger partial charge on any atom is -0.308 e. The first kappa shape index (κ1) is 12.9. The van der Waals surface area contributed by atoms with Crippen LogP contribution in [0.5, 0.6) is 0 Å². The second kappa shape index (κ2) is 5.39. The monoisotopic (exact) mass is 282 g/mol. The van der Waals surface area contributed by atoms with Crippen LogP contribution in [0, 0.1) is 0 Å². The minimum atomic E-state index is -3.58. The van der Waals surface area contributed by atoms with Crippen molar-refractivity contribution in [1.29, 1.82) is 0 Å². The predicted octanol–water partition coefficient (Wildman–Crippen LogP) is 2.65. The lowest BCUT2D eigenvalue weighted by molar-refractivity contribution is 0.588. The zero-order valence-electron chi connectivity index (χ0n) is 9.30. The molecule has 0 aliphatic rings. The molecule has 94 valence electrons. The largest absolute Gasteiger partial charge is 0.308 e. The summed E-state index contributed by atoms with van der Waals surface area (Å²) in [7, 11) is -3.58. The molecular formula is C12H11ClN2O2S. The molecule has 4 nitrogen and oxygen atoms in total. The summed E-state index contributed by atoms with van der Waals surface area (Å²) >= 11 is 5.79. The van der Waals surface area contributed by atoms with Gasteiger partial charge in [-0.25, -0.2) is 8.42 Å². The third-order valence-electron chi connectivity index (χ3n) is 2.21. The minimum absolute atomic E-state index is 0.194. The van der Waals surface area contributed by atoms with Gasteiger partial charge in [-0.15, -0.1) is 4.83 Å². The molecule has 0 aromatic heterocycles. The van der Waals surface area contributed by atoms with E-state index in [-0.39, 0.29) is 4.90 Å². The average Bonchev–Trinajstić information content (AvgIpc) is 2.38. The first-order valence-corrected chi connectivity index (χ1v) is 7.02. The Morgan fingerprint density at radius 3 is 2.33 bits per heavy atom. The Morgan fingerprint density at radius 1 is 0.944 bits per heavy atom. The van der Waals surface area contributed by atoms with Gasteiger partial charge in [0.05, 0.1) is 10.6 Å². The van der Waals surface area contributed by atoms with Gasteiger partial charge in [-0.3, -0.25) is 0 Å². The van der Waals surface area contributed by atoms with Gasteiger partial charge in [0, 0.05) is 5.02 Å². The highest BCUT2D eigenvalue weighted by Gasteiger charge is 2.12. The summed E-state index contributed by atoms with van der Waals surface area (Å²) < 4.78 is 23.8. The van der Waals surface area contributed by atoms with Crippen molar-refractivity contribution in [2.24, 2.45) is 0 Å². The molecule has 6 heteroatoms. The van der Waals surface area contributed by atoms with Crippen molar-refractivity contribution in [1.82, 2.24) is 4.83 Å². The number of hydrogen-bond acceptors (Lipinski definition) is 3. The number of benzene rings is 2. The van der Waals surface area contributed by atoms with Crippen molar-refractivity contribution in [3.05, 3.63) is 59.6 Å². The maximum atomic E-state index is 11.9. The summed E-state index contributed by atoms with van der Waals surface area (Å²) in [6.07, 6.45) is 0. The van der Waals surface area contributed by atoms with Gasteiger partial charge in [-0.05, 0) is 30.3 Å². The highest BCUT2D eigenvalue weighted by Crippen LogP contribution is 2.14. The van der Waals surface area contributed by atoms with Gasteiger partial charge in [-0.1, -0.05) is 35.9 Å². The van der Waals surface area contributed by atoms with Gasteiger partial charge < -0.3 is 5.43 Å². The van der Waals surface area contributed by atoms with Gasteiger partial charge in [0.25, 0.3) is 10.0 Å². The lowest BCUT2D eigenvalue weighted by Crippen LogP contribution is -2.29. The summed E-state index contributed by atoms with van der Waals surface area (Å²) in [5, 5.41) is 0.527. The number of halogens is 1. The molecule has 2 rings (SSSR count). The molecule has 0 aliphatic carbocycles. The summed E-state index contributed by atoms with van der Waals surface area (Å²) in [5.41, 5.74) is 3.17. The van der Waals surface area contributed by atoms with E-state index >= 15 is 0 Å². The second-order valence-corrected chi connectivity index (χ2v) is 5.67. The van der Waals surface area contributed by atoms with Crippen molar-refractivity contribution < 1.29 is 8.42 Å². The number of sulfonamides is 1. The fourth-order valence-corrected chi connectivity index (χ4v) is 2.43. The molecule has 0 heterocycles. The van der Waals surface area contributed by atoms with E-state index in [4.69, 9.17) is 11.6 Å². The lowest BCUT2D eigenvalue weighted by Gasteiger charge is -2.09. The molecule has 0 fully saturated rings. The van der Waals surface area contributed by atoms with Crippen LogP contribution >= 0.6 is 11.6 Å². The molecule has 18 heavy (non-hydrogen) atoms. The van der Waals surface area contributed by atoms with Crippen LogP contribution in [0.4, 0.5) is 5.69 Å². The van der Waals surface area contributed by atoms with Gasteiger partial charge >= 0.3 is 0 Å². The highest BCUT2D eigenvalue weighted by atomic mass is 35.5. The Kier molecular flexibility index (Phi) is 3.86. The Morgan fingerprint density at radius 2 is 1.67 bits per heavy atom. The quantitative estimate of drug-likeness (QED) is 0.848. The van der Waals surface area contributed by atoms with Gasteiger partial charge in [0.1, 0.15) is 0 Å². The normalized spacial score (nSPS) is 11.2. The first-order valence-electron chi connectivity index (χ1n) is 5.16. The van der Waals surface area contributed by atoms with Crippen LogP contribution < -0.4 is 10.3 Å². The average molecular weight is 283 g/mol. The molecular weight excluding hydrogens is 272 g/mol. The Balaban J connectivity index is 2.11. The second-order valence-electron chi connectivity index (χ2n) is 3.55. The summed E-state index contributed by atoms with van der Waals surface area (Å²) in [6, 6.07) is 14.9. The van der Waals surface area contributed by atoms with Gasteiger partial charge in [0.2, 0.25) is 0 Å². The molecule has 0 bridgehead atoms. The molecule has 0 saturated carbocycles. The first-order chi connectivity index (χ1) is 8.58. The summed E-state index contributed by atoms with van der Waals surface area (Å²) in [5.74, 6) is 0. The molecule has 0 aliphatic heterocycles. The van der Waals surface area contributed by atoms with Crippen molar-refractivity contribution in [3.63, 3.8) is 0 Å². The van der Waals surface area contributed by atoms with Crippen LogP contribution in [0.1, 0.15) is 0 Å². The standard InChI is InChI=1S/C12H11ClN2O2S/c13-10-5-4-6-11(9-10)14-15-18(16,17)12-7-2-1-3-8-12/h1-9,14-15H. The van der Waals surface area contributed by atoms with Crippen LogP contribution in [0.3, 0.4) is 0 Å². The smallest absolute Gasteiger partial charge is 0.257 e. The molecule has 0 spiro atoms. The Bertz CT molecular complexity index is 630. The van der Waals surface area contributed by atoms with Crippen molar-refractivity contribution in [2.45, 2.75) is 4.90 Å². The van der Waals surface area contributed by atoms with E-state index in [0.29, 0.717) is 10.7 Å². The van der Waals surface area contributed by atoms with Gasteiger partial charge in [0.15, 0.2) is 0 Å². The zero-order valence-corrected chi connectivity index (χ0v) is 10.9.